The van der Waals surface area contributed by atoms with Crippen molar-refractivity contribution in [2.24, 2.45) is 5.92 Å². The van der Waals surface area contributed by atoms with Crippen LogP contribution in [0, 0.1) is 12.8 Å². The molecule has 5 nitrogen and oxygen atoms in total. The fourth-order valence-corrected chi connectivity index (χ4v) is 3.50. The zero-order chi connectivity index (χ0) is 19.3. The molecule has 142 valence electrons. The lowest BCUT2D eigenvalue weighted by Gasteiger charge is -2.13. The van der Waals surface area contributed by atoms with Gasteiger partial charge in [0.1, 0.15) is 10.7 Å². The fraction of sp³-hybridized carbons (Fsp3) is 0.471. The maximum Gasteiger partial charge on any atom is 0.419 e. The number of amides is 1. The molecule has 0 unspecified atom stereocenters. The monoisotopic (exact) mass is 386 g/mol. The van der Waals surface area contributed by atoms with Gasteiger partial charge in [0.25, 0.3) is 5.91 Å². The number of carbonyl (C=O) groups excluding carboxylic acids is 1. The van der Waals surface area contributed by atoms with Crippen molar-refractivity contribution in [1.29, 1.82) is 0 Å². The topological polar surface area (TPSA) is 66.9 Å². The SMILES string of the molecule is Cc1nc(CC(C)C)sc1C(=O)NCCNc1ncccc1C(F)(F)F. The predicted octanol–water partition coefficient (Wildman–Crippen LogP) is 3.91. The second-order valence-electron chi connectivity index (χ2n) is 6.20. The quantitative estimate of drug-likeness (QED) is 0.708. The highest BCUT2D eigenvalue weighted by Crippen LogP contribution is 2.33. The van der Waals surface area contributed by atoms with Gasteiger partial charge in [-0.2, -0.15) is 13.2 Å². The molecule has 0 bridgehead atoms. The number of alkyl halides is 3. The molecule has 1 amide bonds. The first kappa shape index (κ1) is 20.2. The molecule has 0 atom stereocenters. The Balaban J connectivity index is 1.89. The molecule has 0 aliphatic rings. The molecule has 0 saturated carbocycles. The summed E-state index contributed by atoms with van der Waals surface area (Å²) >= 11 is 1.35. The molecule has 2 aromatic rings. The second kappa shape index (κ2) is 8.48. The van der Waals surface area contributed by atoms with Crippen molar-refractivity contribution in [1.82, 2.24) is 15.3 Å². The maximum atomic E-state index is 12.9. The third kappa shape index (κ3) is 5.42. The van der Waals surface area contributed by atoms with E-state index < -0.39 is 11.7 Å². The Morgan fingerprint density at radius 3 is 2.69 bits per heavy atom. The van der Waals surface area contributed by atoms with Crippen LogP contribution in [-0.4, -0.2) is 29.0 Å². The number of pyridine rings is 1. The molecule has 2 N–H and O–H groups in total. The van der Waals surface area contributed by atoms with Crippen LogP contribution in [0.15, 0.2) is 18.3 Å². The average molecular weight is 386 g/mol. The smallest absolute Gasteiger partial charge is 0.368 e. The molecule has 2 heterocycles. The Hall–Kier alpha value is -2.16. The summed E-state index contributed by atoms with van der Waals surface area (Å²) in [5.41, 5.74) is -0.164. The molecule has 0 aliphatic heterocycles. The number of aryl methyl sites for hydroxylation is 1. The van der Waals surface area contributed by atoms with E-state index in [9.17, 15) is 18.0 Å². The van der Waals surface area contributed by atoms with Gasteiger partial charge in [-0.25, -0.2) is 9.97 Å². The van der Waals surface area contributed by atoms with Gasteiger partial charge >= 0.3 is 6.18 Å². The van der Waals surface area contributed by atoms with Gasteiger partial charge < -0.3 is 10.6 Å². The molecule has 0 fully saturated rings. The highest BCUT2D eigenvalue weighted by Gasteiger charge is 2.33. The Kier molecular flexibility index (Phi) is 6.57. The van der Waals surface area contributed by atoms with Gasteiger partial charge in [0.15, 0.2) is 0 Å². The first-order valence-electron chi connectivity index (χ1n) is 8.19. The van der Waals surface area contributed by atoms with Crippen molar-refractivity contribution in [2.75, 3.05) is 18.4 Å². The van der Waals surface area contributed by atoms with E-state index in [4.69, 9.17) is 0 Å². The summed E-state index contributed by atoms with van der Waals surface area (Å²) in [5.74, 6) is -0.0711. The van der Waals surface area contributed by atoms with Crippen LogP contribution in [0.2, 0.25) is 0 Å². The zero-order valence-electron chi connectivity index (χ0n) is 14.8. The number of nitrogens with zero attached hydrogens (tertiary/aromatic N) is 2. The van der Waals surface area contributed by atoms with E-state index in [0.29, 0.717) is 16.5 Å². The molecule has 0 aliphatic carbocycles. The van der Waals surface area contributed by atoms with Gasteiger partial charge in [-0.1, -0.05) is 13.8 Å². The molecule has 2 aromatic heterocycles. The molecule has 26 heavy (non-hydrogen) atoms. The van der Waals surface area contributed by atoms with Gasteiger partial charge in [0.2, 0.25) is 0 Å². The fourth-order valence-electron chi connectivity index (χ4n) is 2.31. The number of rotatable bonds is 7. The third-order valence-electron chi connectivity index (χ3n) is 3.45. The van der Waals surface area contributed by atoms with Crippen molar-refractivity contribution in [3.05, 3.63) is 39.5 Å². The molecule has 0 saturated heterocycles. The molecule has 9 heteroatoms. The maximum absolute atomic E-state index is 12.9. The molecule has 0 spiro atoms. The van der Waals surface area contributed by atoms with Crippen LogP contribution in [0.5, 0.6) is 0 Å². The van der Waals surface area contributed by atoms with Crippen molar-refractivity contribution in [3.8, 4) is 0 Å². The van der Waals surface area contributed by atoms with Crippen LogP contribution in [0.1, 0.15) is 39.8 Å². The normalized spacial score (nSPS) is 11.7. The van der Waals surface area contributed by atoms with Crippen LogP contribution in [0.25, 0.3) is 0 Å². The molecular formula is C17H21F3N4OS. The van der Waals surface area contributed by atoms with Gasteiger partial charge in [-0.15, -0.1) is 11.3 Å². The minimum Gasteiger partial charge on any atom is -0.368 e. The Morgan fingerprint density at radius 2 is 2.04 bits per heavy atom. The van der Waals surface area contributed by atoms with Crippen LogP contribution in [0.4, 0.5) is 19.0 Å². The van der Waals surface area contributed by atoms with Gasteiger partial charge in [-0.3, -0.25) is 4.79 Å². The highest BCUT2D eigenvalue weighted by molar-refractivity contribution is 7.13. The Morgan fingerprint density at radius 1 is 1.31 bits per heavy atom. The minimum atomic E-state index is -4.48. The lowest BCUT2D eigenvalue weighted by atomic mass is 10.1. The predicted molar refractivity (Wildman–Crippen MR) is 95.5 cm³/mol. The third-order valence-corrected chi connectivity index (χ3v) is 4.62. The molecular weight excluding hydrogens is 365 g/mol. The second-order valence-corrected chi connectivity index (χ2v) is 7.28. The summed E-state index contributed by atoms with van der Waals surface area (Å²) in [6.45, 7) is 6.23. The van der Waals surface area contributed by atoms with Crippen molar-refractivity contribution in [2.45, 2.75) is 33.4 Å². The lowest BCUT2D eigenvalue weighted by molar-refractivity contribution is -0.137. The van der Waals surface area contributed by atoms with Crippen molar-refractivity contribution in [3.63, 3.8) is 0 Å². The van der Waals surface area contributed by atoms with E-state index in [0.717, 1.165) is 17.5 Å². The lowest BCUT2D eigenvalue weighted by Crippen LogP contribution is -2.29. The van der Waals surface area contributed by atoms with Gasteiger partial charge in [-0.05, 0) is 25.0 Å². The number of aromatic nitrogens is 2. The highest BCUT2D eigenvalue weighted by atomic mass is 32.1. The van der Waals surface area contributed by atoms with Crippen LogP contribution < -0.4 is 10.6 Å². The van der Waals surface area contributed by atoms with E-state index in [1.807, 2.05) is 0 Å². The largest absolute Gasteiger partial charge is 0.419 e. The van der Waals surface area contributed by atoms with Crippen LogP contribution >= 0.6 is 11.3 Å². The first-order valence-corrected chi connectivity index (χ1v) is 9.00. The zero-order valence-corrected chi connectivity index (χ0v) is 15.6. The van der Waals surface area contributed by atoms with E-state index in [1.54, 1.807) is 6.92 Å². The number of nitrogens with one attached hydrogen (secondary N) is 2. The molecule has 0 aromatic carbocycles. The van der Waals surface area contributed by atoms with Crippen molar-refractivity contribution >= 4 is 23.1 Å². The van der Waals surface area contributed by atoms with Gasteiger partial charge in [0.05, 0.1) is 16.3 Å². The molecule has 0 radical (unpaired) electrons. The molecule has 2 rings (SSSR count). The summed E-state index contributed by atoms with van der Waals surface area (Å²) < 4.78 is 38.7. The van der Waals surface area contributed by atoms with E-state index in [1.165, 1.54) is 23.6 Å². The number of thiazole rings is 1. The first-order chi connectivity index (χ1) is 12.2. The number of hydrogen-bond acceptors (Lipinski definition) is 5. The summed E-state index contributed by atoms with van der Waals surface area (Å²) in [6.07, 6.45) is -2.39. The van der Waals surface area contributed by atoms with E-state index in [2.05, 4.69) is 34.4 Å². The van der Waals surface area contributed by atoms with E-state index in [-0.39, 0.29) is 24.8 Å². The van der Waals surface area contributed by atoms with Crippen LogP contribution in [0.3, 0.4) is 0 Å². The van der Waals surface area contributed by atoms with Crippen molar-refractivity contribution < 1.29 is 18.0 Å². The van der Waals surface area contributed by atoms with Crippen LogP contribution in [-0.2, 0) is 12.6 Å². The Labute approximate surface area is 154 Å². The average Bonchev–Trinajstić information content (AvgIpc) is 2.90. The van der Waals surface area contributed by atoms with E-state index >= 15 is 0 Å². The summed E-state index contributed by atoms with van der Waals surface area (Å²) in [7, 11) is 0. The standard InChI is InChI=1S/C17H21F3N4OS/c1-10(2)9-13-24-11(3)14(26-13)16(25)23-8-7-22-15-12(17(18,19)20)5-4-6-21-15/h4-6,10H,7-9H2,1-3H3,(H,21,22)(H,23,25). The summed E-state index contributed by atoms with van der Waals surface area (Å²) in [5, 5.41) is 6.22. The number of halogens is 3. The number of anilines is 1. The minimum absolute atomic E-state index is 0.128. The summed E-state index contributed by atoms with van der Waals surface area (Å²) in [6, 6.07) is 2.20. The number of carbonyl (C=O) groups is 1. The summed E-state index contributed by atoms with van der Waals surface area (Å²) in [4.78, 5) is 20.9. The Bertz CT molecular complexity index is 759. The number of hydrogen-bond donors (Lipinski definition) is 2. The van der Waals surface area contributed by atoms with Gasteiger partial charge in [0, 0.05) is 25.7 Å².